The fourth-order valence-corrected chi connectivity index (χ4v) is 3.51. The van der Waals surface area contributed by atoms with Gasteiger partial charge in [-0.3, -0.25) is 0 Å². The maximum Gasteiger partial charge on any atom is 0.113 e. The van der Waals surface area contributed by atoms with Gasteiger partial charge in [0.25, 0.3) is 0 Å². The molecule has 2 saturated carbocycles. The molecule has 0 saturated heterocycles. The summed E-state index contributed by atoms with van der Waals surface area (Å²) in [6.07, 6.45) is 5.90. The quantitative estimate of drug-likeness (QED) is 0.910. The van der Waals surface area contributed by atoms with Crippen LogP contribution in [0, 0.1) is 0 Å². The SMILES string of the molecule is NC1CCC(c2nc3ccc(Cl)cc3n2C2CC2)C1. The van der Waals surface area contributed by atoms with Crippen molar-refractivity contribution in [3.8, 4) is 0 Å². The van der Waals surface area contributed by atoms with Gasteiger partial charge in [-0.25, -0.2) is 4.98 Å². The number of imidazole rings is 1. The predicted octanol–water partition coefficient (Wildman–Crippen LogP) is 3.62. The molecule has 1 aromatic heterocycles. The Bertz CT molecular complexity index is 630. The Morgan fingerprint density at radius 3 is 2.74 bits per heavy atom. The molecule has 2 aliphatic rings. The van der Waals surface area contributed by atoms with Crippen LogP contribution in [0.2, 0.25) is 5.02 Å². The van der Waals surface area contributed by atoms with Gasteiger partial charge in [-0.2, -0.15) is 0 Å². The summed E-state index contributed by atoms with van der Waals surface area (Å²) < 4.78 is 2.43. The topological polar surface area (TPSA) is 43.8 Å². The Hall–Kier alpha value is -1.06. The Labute approximate surface area is 117 Å². The van der Waals surface area contributed by atoms with E-state index < -0.39 is 0 Å². The summed E-state index contributed by atoms with van der Waals surface area (Å²) in [4.78, 5) is 4.88. The first kappa shape index (κ1) is 11.7. The van der Waals surface area contributed by atoms with Gasteiger partial charge in [0.15, 0.2) is 0 Å². The van der Waals surface area contributed by atoms with Gasteiger partial charge in [-0.05, 0) is 50.3 Å². The molecule has 2 aliphatic carbocycles. The zero-order valence-electron chi connectivity index (χ0n) is 10.8. The van der Waals surface area contributed by atoms with Crippen molar-refractivity contribution >= 4 is 22.6 Å². The molecule has 2 N–H and O–H groups in total. The Morgan fingerprint density at radius 2 is 2.05 bits per heavy atom. The third-order valence-electron chi connectivity index (χ3n) is 4.43. The molecule has 2 atom stereocenters. The molecule has 1 aromatic carbocycles. The zero-order valence-corrected chi connectivity index (χ0v) is 11.6. The molecule has 1 heterocycles. The van der Waals surface area contributed by atoms with Crippen LogP contribution in [-0.2, 0) is 0 Å². The molecular weight excluding hydrogens is 258 g/mol. The van der Waals surface area contributed by atoms with Crippen molar-refractivity contribution in [3.63, 3.8) is 0 Å². The summed E-state index contributed by atoms with van der Waals surface area (Å²) in [5.41, 5.74) is 8.34. The highest BCUT2D eigenvalue weighted by atomic mass is 35.5. The van der Waals surface area contributed by atoms with Gasteiger partial charge >= 0.3 is 0 Å². The fraction of sp³-hybridized carbons (Fsp3) is 0.533. The van der Waals surface area contributed by atoms with Gasteiger partial charge < -0.3 is 10.3 Å². The lowest BCUT2D eigenvalue weighted by Crippen LogP contribution is -2.15. The molecule has 2 unspecified atom stereocenters. The van der Waals surface area contributed by atoms with E-state index in [1.165, 1.54) is 30.6 Å². The molecule has 4 rings (SSSR count). The predicted molar refractivity (Wildman–Crippen MR) is 77.6 cm³/mol. The largest absolute Gasteiger partial charge is 0.328 e. The molecular formula is C15H18ClN3. The van der Waals surface area contributed by atoms with E-state index in [4.69, 9.17) is 22.3 Å². The monoisotopic (exact) mass is 275 g/mol. The molecule has 2 fully saturated rings. The molecule has 19 heavy (non-hydrogen) atoms. The van der Waals surface area contributed by atoms with Crippen molar-refractivity contribution in [2.45, 2.75) is 50.1 Å². The average molecular weight is 276 g/mol. The Morgan fingerprint density at radius 1 is 1.21 bits per heavy atom. The van der Waals surface area contributed by atoms with E-state index in [0.29, 0.717) is 18.0 Å². The van der Waals surface area contributed by atoms with E-state index in [9.17, 15) is 0 Å². The van der Waals surface area contributed by atoms with Crippen LogP contribution in [0.5, 0.6) is 0 Å². The van der Waals surface area contributed by atoms with Crippen molar-refractivity contribution in [1.82, 2.24) is 9.55 Å². The molecule has 0 bridgehead atoms. The molecule has 0 spiro atoms. The van der Waals surface area contributed by atoms with Crippen LogP contribution in [0.1, 0.15) is 49.9 Å². The first-order chi connectivity index (χ1) is 9.22. The third kappa shape index (κ3) is 1.96. The molecule has 100 valence electrons. The second kappa shape index (κ2) is 4.22. The molecule has 0 amide bonds. The second-order valence-corrected chi connectivity index (χ2v) is 6.41. The lowest BCUT2D eigenvalue weighted by Gasteiger charge is -2.13. The fourth-order valence-electron chi connectivity index (χ4n) is 3.34. The van der Waals surface area contributed by atoms with Crippen LogP contribution in [0.25, 0.3) is 11.0 Å². The van der Waals surface area contributed by atoms with Gasteiger partial charge in [-0.1, -0.05) is 11.6 Å². The summed E-state index contributed by atoms with van der Waals surface area (Å²) >= 11 is 6.15. The zero-order chi connectivity index (χ0) is 13.0. The Balaban J connectivity index is 1.87. The number of nitrogens with zero attached hydrogens (tertiary/aromatic N) is 2. The smallest absolute Gasteiger partial charge is 0.113 e. The highest BCUT2D eigenvalue weighted by molar-refractivity contribution is 6.31. The van der Waals surface area contributed by atoms with E-state index in [2.05, 4.69) is 10.6 Å². The summed E-state index contributed by atoms with van der Waals surface area (Å²) in [5, 5.41) is 0.795. The number of rotatable bonds is 2. The van der Waals surface area contributed by atoms with Crippen LogP contribution >= 0.6 is 11.6 Å². The summed E-state index contributed by atoms with van der Waals surface area (Å²) in [5.74, 6) is 1.77. The molecule has 4 heteroatoms. The molecule has 0 radical (unpaired) electrons. The molecule has 3 nitrogen and oxygen atoms in total. The van der Waals surface area contributed by atoms with Gasteiger partial charge in [0.2, 0.25) is 0 Å². The molecule has 2 aromatic rings. The Kier molecular flexibility index (Phi) is 2.61. The normalized spacial score (nSPS) is 27.3. The van der Waals surface area contributed by atoms with Gasteiger partial charge in [-0.15, -0.1) is 0 Å². The first-order valence-corrected chi connectivity index (χ1v) is 7.53. The van der Waals surface area contributed by atoms with Gasteiger partial charge in [0, 0.05) is 23.0 Å². The standard InChI is InChI=1S/C15H18ClN3/c16-10-2-6-13-14(8-10)19(12-4-5-12)15(18-13)9-1-3-11(17)7-9/h2,6,8-9,11-12H,1,3-5,7,17H2. The van der Waals surface area contributed by atoms with Crippen molar-refractivity contribution in [3.05, 3.63) is 29.0 Å². The number of halogens is 1. The summed E-state index contributed by atoms with van der Waals surface area (Å²) in [6, 6.07) is 7.00. The van der Waals surface area contributed by atoms with E-state index >= 15 is 0 Å². The lowest BCUT2D eigenvalue weighted by molar-refractivity contribution is 0.591. The second-order valence-electron chi connectivity index (χ2n) is 5.97. The number of aromatic nitrogens is 2. The minimum absolute atomic E-state index is 0.348. The van der Waals surface area contributed by atoms with E-state index in [0.717, 1.165) is 23.4 Å². The summed E-state index contributed by atoms with van der Waals surface area (Å²) in [7, 11) is 0. The van der Waals surface area contributed by atoms with Crippen LogP contribution < -0.4 is 5.73 Å². The number of nitrogens with two attached hydrogens (primary N) is 1. The van der Waals surface area contributed by atoms with Crippen LogP contribution in [0.4, 0.5) is 0 Å². The molecule has 0 aliphatic heterocycles. The van der Waals surface area contributed by atoms with Crippen molar-refractivity contribution < 1.29 is 0 Å². The minimum atomic E-state index is 0.348. The summed E-state index contributed by atoms with van der Waals surface area (Å²) in [6.45, 7) is 0. The number of fused-ring (bicyclic) bond motifs is 1. The van der Waals surface area contributed by atoms with Crippen LogP contribution in [0.15, 0.2) is 18.2 Å². The maximum atomic E-state index is 6.15. The van der Waals surface area contributed by atoms with Crippen molar-refractivity contribution in [1.29, 1.82) is 0 Å². The van der Waals surface area contributed by atoms with E-state index in [-0.39, 0.29) is 0 Å². The number of hydrogen-bond acceptors (Lipinski definition) is 2. The van der Waals surface area contributed by atoms with Crippen molar-refractivity contribution in [2.24, 2.45) is 5.73 Å². The average Bonchev–Trinajstić information content (AvgIpc) is 3.02. The van der Waals surface area contributed by atoms with Crippen LogP contribution in [-0.4, -0.2) is 15.6 Å². The number of benzene rings is 1. The lowest BCUT2D eigenvalue weighted by atomic mass is 10.1. The highest BCUT2D eigenvalue weighted by Crippen LogP contribution is 2.43. The first-order valence-electron chi connectivity index (χ1n) is 7.15. The van der Waals surface area contributed by atoms with Crippen LogP contribution in [0.3, 0.4) is 0 Å². The van der Waals surface area contributed by atoms with Gasteiger partial charge in [0.1, 0.15) is 5.82 Å². The van der Waals surface area contributed by atoms with Crippen molar-refractivity contribution in [2.75, 3.05) is 0 Å². The third-order valence-corrected chi connectivity index (χ3v) is 4.66. The van der Waals surface area contributed by atoms with Gasteiger partial charge in [0.05, 0.1) is 11.0 Å². The maximum absolute atomic E-state index is 6.15. The highest BCUT2D eigenvalue weighted by Gasteiger charge is 2.33. The number of hydrogen-bond donors (Lipinski definition) is 1. The van der Waals surface area contributed by atoms with E-state index in [1.54, 1.807) is 0 Å². The van der Waals surface area contributed by atoms with E-state index in [1.807, 2.05) is 12.1 Å². The minimum Gasteiger partial charge on any atom is -0.328 e.